The zero-order chi connectivity index (χ0) is 14.0. The molecule has 3 rings (SSSR count). The van der Waals surface area contributed by atoms with Gasteiger partial charge in [0.25, 0.3) is 0 Å². The number of rotatable bonds is 5. The van der Waals surface area contributed by atoms with Crippen molar-refractivity contribution in [1.29, 1.82) is 0 Å². The average molecular weight is 270 g/mol. The number of nitrogens with zero attached hydrogens (tertiary/aromatic N) is 1. The van der Waals surface area contributed by atoms with Crippen LogP contribution in [-0.4, -0.2) is 24.2 Å². The molecule has 0 aliphatic heterocycles. The lowest BCUT2D eigenvalue weighted by atomic mass is 9.72. The third kappa shape index (κ3) is 2.21. The Bertz CT molecular complexity index is 587. The van der Waals surface area contributed by atoms with E-state index in [9.17, 15) is 0 Å². The molecule has 3 nitrogen and oxygen atoms in total. The number of hydrogen-bond donors (Lipinski definition) is 1. The van der Waals surface area contributed by atoms with Crippen LogP contribution >= 0.6 is 0 Å². The third-order valence-corrected chi connectivity index (χ3v) is 4.50. The maximum absolute atomic E-state index is 5.88. The molecule has 0 radical (unpaired) electrons. The molecule has 20 heavy (non-hydrogen) atoms. The summed E-state index contributed by atoms with van der Waals surface area (Å²) in [5, 5.41) is 4.80. The fourth-order valence-electron chi connectivity index (χ4n) is 3.22. The highest BCUT2D eigenvalue weighted by molar-refractivity contribution is 5.79. The van der Waals surface area contributed by atoms with Crippen LogP contribution in [0.1, 0.15) is 37.8 Å². The monoisotopic (exact) mass is 270 g/mol. The van der Waals surface area contributed by atoms with E-state index in [1.165, 1.54) is 17.4 Å². The third-order valence-electron chi connectivity index (χ3n) is 4.50. The smallest absolute Gasteiger partial charge is 0.0872 e. The first-order chi connectivity index (χ1) is 9.79. The molecule has 1 heterocycles. The number of pyridine rings is 1. The number of methoxy groups -OCH3 is 1. The maximum atomic E-state index is 5.88. The van der Waals surface area contributed by atoms with Gasteiger partial charge in [-0.05, 0) is 49.6 Å². The predicted molar refractivity (Wildman–Crippen MR) is 81.8 cm³/mol. The Balaban J connectivity index is 2.00. The van der Waals surface area contributed by atoms with Gasteiger partial charge in [-0.25, -0.2) is 0 Å². The lowest BCUT2D eigenvalue weighted by molar-refractivity contribution is -0.0994. The van der Waals surface area contributed by atoms with Crippen LogP contribution in [0.15, 0.2) is 36.5 Å². The van der Waals surface area contributed by atoms with Crippen molar-refractivity contribution in [3.05, 3.63) is 42.1 Å². The van der Waals surface area contributed by atoms with Crippen molar-refractivity contribution in [2.75, 3.05) is 13.7 Å². The van der Waals surface area contributed by atoms with E-state index in [4.69, 9.17) is 4.74 Å². The zero-order valence-corrected chi connectivity index (χ0v) is 12.2. The molecule has 1 N–H and O–H groups in total. The summed E-state index contributed by atoms with van der Waals surface area (Å²) in [5.74, 6) is 0. The molecule has 0 saturated heterocycles. The lowest BCUT2D eigenvalue weighted by Crippen LogP contribution is -2.50. The number of ether oxygens (including phenoxy) is 1. The predicted octanol–water partition coefficient (Wildman–Crippen LogP) is 3.45. The fraction of sp³-hybridized carbons (Fsp3) is 0.471. The summed E-state index contributed by atoms with van der Waals surface area (Å²) in [4.78, 5) is 4.39. The van der Waals surface area contributed by atoms with Crippen LogP contribution in [0.3, 0.4) is 0 Å². The van der Waals surface area contributed by atoms with Crippen LogP contribution in [0.4, 0.5) is 0 Å². The summed E-state index contributed by atoms with van der Waals surface area (Å²) in [7, 11) is 1.84. The summed E-state index contributed by atoms with van der Waals surface area (Å²) < 4.78 is 5.88. The van der Waals surface area contributed by atoms with E-state index in [2.05, 4.69) is 41.5 Å². The fourth-order valence-corrected chi connectivity index (χ4v) is 3.22. The van der Waals surface area contributed by atoms with Crippen molar-refractivity contribution >= 4 is 10.9 Å². The van der Waals surface area contributed by atoms with Gasteiger partial charge in [0.05, 0.1) is 17.2 Å². The van der Waals surface area contributed by atoms with Crippen LogP contribution in [0, 0.1) is 0 Å². The molecule has 106 valence electrons. The van der Waals surface area contributed by atoms with Gasteiger partial charge in [-0.3, -0.25) is 4.98 Å². The second kappa shape index (κ2) is 5.51. The first kappa shape index (κ1) is 13.5. The highest BCUT2D eigenvalue weighted by Gasteiger charge is 2.44. The van der Waals surface area contributed by atoms with Gasteiger partial charge >= 0.3 is 0 Å². The molecule has 1 fully saturated rings. The Labute approximate surface area is 120 Å². The number of benzene rings is 1. The van der Waals surface area contributed by atoms with E-state index >= 15 is 0 Å². The van der Waals surface area contributed by atoms with E-state index in [0.717, 1.165) is 24.9 Å². The van der Waals surface area contributed by atoms with Gasteiger partial charge < -0.3 is 10.1 Å². The van der Waals surface area contributed by atoms with Gasteiger partial charge in [-0.2, -0.15) is 0 Å². The highest BCUT2D eigenvalue weighted by Crippen LogP contribution is 2.45. The number of hydrogen-bond acceptors (Lipinski definition) is 3. The van der Waals surface area contributed by atoms with E-state index in [1.54, 1.807) is 0 Å². The summed E-state index contributed by atoms with van der Waals surface area (Å²) in [6.07, 6.45) is 5.36. The molecule has 2 aromatic rings. The Morgan fingerprint density at radius 2 is 2.20 bits per heavy atom. The second-order valence-electron chi connectivity index (χ2n) is 5.57. The normalized spacial score (nSPS) is 18.7. The van der Waals surface area contributed by atoms with Gasteiger partial charge in [-0.15, -0.1) is 0 Å². The number of aromatic nitrogens is 1. The Kier molecular flexibility index (Phi) is 3.72. The molecule has 0 spiro atoms. The topological polar surface area (TPSA) is 34.2 Å². The summed E-state index contributed by atoms with van der Waals surface area (Å²) in [6.45, 7) is 3.10. The molecule has 3 heteroatoms. The van der Waals surface area contributed by atoms with Gasteiger partial charge in [0.1, 0.15) is 0 Å². The summed E-state index contributed by atoms with van der Waals surface area (Å²) in [5.41, 5.74) is 2.31. The molecular formula is C17H22N2O. The van der Waals surface area contributed by atoms with Crippen molar-refractivity contribution in [3.8, 4) is 0 Å². The Morgan fingerprint density at radius 3 is 2.85 bits per heavy atom. The Morgan fingerprint density at radius 1 is 1.35 bits per heavy atom. The van der Waals surface area contributed by atoms with Crippen molar-refractivity contribution in [3.63, 3.8) is 0 Å². The largest absolute Gasteiger partial charge is 0.376 e. The molecular weight excluding hydrogens is 248 g/mol. The van der Waals surface area contributed by atoms with Crippen molar-refractivity contribution in [2.24, 2.45) is 0 Å². The average Bonchev–Trinajstić information content (AvgIpc) is 2.45. The molecule has 1 aromatic carbocycles. The molecule has 1 aromatic heterocycles. The standard InChI is InChI=1S/C17H22N2O/c1-3-18-16(17(20-2)9-5-10-17)14-7-8-15-13(12-14)6-4-11-19-15/h4,6-8,11-12,16,18H,3,5,9-10H2,1-2H3. The molecule has 1 atom stereocenters. The zero-order valence-electron chi connectivity index (χ0n) is 12.2. The van der Waals surface area contributed by atoms with E-state index in [1.807, 2.05) is 19.4 Å². The molecule has 1 unspecified atom stereocenters. The van der Waals surface area contributed by atoms with Crippen LogP contribution in [0.2, 0.25) is 0 Å². The van der Waals surface area contributed by atoms with Crippen molar-refractivity contribution in [2.45, 2.75) is 37.8 Å². The highest BCUT2D eigenvalue weighted by atomic mass is 16.5. The number of fused-ring (bicyclic) bond motifs is 1. The first-order valence-electron chi connectivity index (χ1n) is 7.42. The number of nitrogens with one attached hydrogen (secondary N) is 1. The molecule has 0 bridgehead atoms. The maximum Gasteiger partial charge on any atom is 0.0872 e. The minimum atomic E-state index is -0.0358. The molecule has 1 saturated carbocycles. The quantitative estimate of drug-likeness (QED) is 0.903. The van der Waals surface area contributed by atoms with Gasteiger partial charge in [-0.1, -0.05) is 19.1 Å². The second-order valence-corrected chi connectivity index (χ2v) is 5.57. The van der Waals surface area contributed by atoms with E-state index < -0.39 is 0 Å². The van der Waals surface area contributed by atoms with Gasteiger partial charge in [0.15, 0.2) is 0 Å². The SMILES string of the molecule is CCNC(c1ccc2ncccc2c1)C1(OC)CCC1. The van der Waals surface area contributed by atoms with Gasteiger partial charge in [0, 0.05) is 18.7 Å². The minimum absolute atomic E-state index is 0.0358. The minimum Gasteiger partial charge on any atom is -0.376 e. The van der Waals surface area contributed by atoms with Crippen LogP contribution in [0.25, 0.3) is 10.9 Å². The lowest BCUT2D eigenvalue weighted by Gasteiger charge is -2.47. The van der Waals surface area contributed by atoms with Gasteiger partial charge in [0.2, 0.25) is 0 Å². The first-order valence-corrected chi connectivity index (χ1v) is 7.42. The number of likely N-dealkylation sites (N-methyl/N-ethyl adjacent to an activating group) is 1. The van der Waals surface area contributed by atoms with E-state index in [-0.39, 0.29) is 11.6 Å². The summed E-state index contributed by atoms with van der Waals surface area (Å²) >= 11 is 0. The van der Waals surface area contributed by atoms with Crippen LogP contribution in [0.5, 0.6) is 0 Å². The molecule has 0 amide bonds. The van der Waals surface area contributed by atoms with Crippen molar-refractivity contribution in [1.82, 2.24) is 10.3 Å². The van der Waals surface area contributed by atoms with Crippen LogP contribution < -0.4 is 5.32 Å². The Hall–Kier alpha value is -1.45. The molecule has 1 aliphatic carbocycles. The molecule has 1 aliphatic rings. The van der Waals surface area contributed by atoms with E-state index in [0.29, 0.717) is 0 Å². The van der Waals surface area contributed by atoms with Crippen molar-refractivity contribution < 1.29 is 4.74 Å². The summed E-state index contributed by atoms with van der Waals surface area (Å²) in [6, 6.07) is 10.9. The van der Waals surface area contributed by atoms with Crippen LogP contribution in [-0.2, 0) is 4.74 Å².